The molecule has 34 heavy (non-hydrogen) atoms. The summed E-state index contributed by atoms with van der Waals surface area (Å²) in [6.45, 7) is 5.21. The standard InChI is InChI=1S/C28H29N3O3/c1-18(2)31(3)17-19-10-13-22(14-11-19)29-26(20-8-6-5-7-9-20)25-23-15-12-21(28(33)34-4)16-24(23)30-27(25)32/h5-16,18,29H,17H2,1-4H3,(H,30,32)/b26-25-. The largest absolute Gasteiger partial charge is 0.465 e. The quantitative estimate of drug-likeness (QED) is 0.376. The van der Waals surface area contributed by atoms with Gasteiger partial charge in [-0.3, -0.25) is 9.69 Å². The van der Waals surface area contributed by atoms with Gasteiger partial charge in [-0.15, -0.1) is 0 Å². The van der Waals surface area contributed by atoms with Gasteiger partial charge in [-0.2, -0.15) is 0 Å². The number of rotatable bonds is 7. The first-order valence-corrected chi connectivity index (χ1v) is 11.3. The Balaban J connectivity index is 1.73. The lowest BCUT2D eigenvalue weighted by Crippen LogP contribution is -2.25. The van der Waals surface area contributed by atoms with E-state index in [0.29, 0.717) is 28.6 Å². The molecule has 0 fully saturated rings. The van der Waals surface area contributed by atoms with Gasteiger partial charge in [0.05, 0.1) is 29.6 Å². The second kappa shape index (κ2) is 9.93. The molecular weight excluding hydrogens is 426 g/mol. The van der Waals surface area contributed by atoms with E-state index in [4.69, 9.17) is 4.74 Å². The number of fused-ring (bicyclic) bond motifs is 1. The molecule has 0 unspecified atom stereocenters. The molecule has 1 aliphatic rings. The van der Waals surface area contributed by atoms with Crippen LogP contribution in [0.4, 0.5) is 11.4 Å². The summed E-state index contributed by atoms with van der Waals surface area (Å²) in [7, 11) is 3.44. The molecule has 0 saturated carbocycles. The number of esters is 1. The maximum Gasteiger partial charge on any atom is 0.337 e. The normalized spacial score (nSPS) is 14.1. The number of methoxy groups -OCH3 is 1. The van der Waals surface area contributed by atoms with Gasteiger partial charge < -0.3 is 15.4 Å². The van der Waals surface area contributed by atoms with Crippen molar-refractivity contribution in [3.05, 3.63) is 95.1 Å². The third-order valence-corrected chi connectivity index (χ3v) is 6.03. The summed E-state index contributed by atoms with van der Waals surface area (Å²) in [6.07, 6.45) is 0. The van der Waals surface area contributed by atoms with Crippen LogP contribution < -0.4 is 10.6 Å². The monoisotopic (exact) mass is 455 g/mol. The van der Waals surface area contributed by atoms with Crippen LogP contribution in [0.15, 0.2) is 72.8 Å². The Morgan fingerprint density at radius 2 is 1.71 bits per heavy atom. The number of nitrogens with one attached hydrogen (secondary N) is 2. The Morgan fingerprint density at radius 3 is 2.35 bits per heavy atom. The van der Waals surface area contributed by atoms with Gasteiger partial charge in [-0.05, 0) is 56.3 Å². The molecule has 0 saturated heterocycles. The van der Waals surface area contributed by atoms with Crippen LogP contribution in [-0.4, -0.2) is 37.0 Å². The number of hydrogen-bond acceptors (Lipinski definition) is 5. The summed E-state index contributed by atoms with van der Waals surface area (Å²) >= 11 is 0. The SMILES string of the molecule is COC(=O)c1ccc2c(c1)NC(=O)/C2=C(\Nc1ccc(CN(C)C(C)C)cc1)c1ccccc1. The van der Waals surface area contributed by atoms with E-state index < -0.39 is 5.97 Å². The molecule has 0 radical (unpaired) electrons. The van der Waals surface area contributed by atoms with E-state index in [-0.39, 0.29) is 5.91 Å². The molecule has 0 atom stereocenters. The first kappa shape index (κ1) is 23.3. The third-order valence-electron chi connectivity index (χ3n) is 6.03. The van der Waals surface area contributed by atoms with Gasteiger partial charge in [0.1, 0.15) is 0 Å². The second-order valence-corrected chi connectivity index (χ2v) is 8.65. The molecule has 6 heteroatoms. The summed E-state index contributed by atoms with van der Waals surface area (Å²) in [4.78, 5) is 27.3. The van der Waals surface area contributed by atoms with Crippen LogP contribution in [0.1, 0.15) is 40.9 Å². The Bertz CT molecular complexity index is 1230. The highest BCUT2D eigenvalue weighted by molar-refractivity contribution is 6.37. The molecule has 174 valence electrons. The number of benzene rings is 3. The molecule has 1 heterocycles. The summed E-state index contributed by atoms with van der Waals surface area (Å²) in [5.74, 6) is -0.669. The third kappa shape index (κ3) is 4.87. The van der Waals surface area contributed by atoms with Gasteiger partial charge in [0, 0.05) is 23.8 Å². The van der Waals surface area contributed by atoms with Crippen molar-refractivity contribution in [3.63, 3.8) is 0 Å². The van der Waals surface area contributed by atoms with Crippen molar-refractivity contribution >= 4 is 34.5 Å². The topological polar surface area (TPSA) is 70.7 Å². The molecule has 2 N–H and O–H groups in total. The molecule has 3 aromatic rings. The molecule has 1 amide bonds. The number of anilines is 2. The summed E-state index contributed by atoms with van der Waals surface area (Å²) in [6, 6.07) is 23.6. The Labute approximate surface area is 200 Å². The second-order valence-electron chi connectivity index (χ2n) is 8.65. The lowest BCUT2D eigenvalue weighted by Gasteiger charge is -2.21. The predicted molar refractivity (Wildman–Crippen MR) is 136 cm³/mol. The first-order valence-electron chi connectivity index (χ1n) is 11.3. The number of carbonyl (C=O) groups excluding carboxylic acids is 2. The molecule has 4 rings (SSSR count). The Hall–Kier alpha value is -3.90. The van der Waals surface area contributed by atoms with Gasteiger partial charge in [0.25, 0.3) is 5.91 Å². The van der Waals surface area contributed by atoms with E-state index in [2.05, 4.69) is 48.6 Å². The van der Waals surface area contributed by atoms with E-state index in [1.165, 1.54) is 12.7 Å². The average molecular weight is 456 g/mol. The van der Waals surface area contributed by atoms with Crippen molar-refractivity contribution in [2.45, 2.75) is 26.4 Å². The molecule has 3 aromatic carbocycles. The average Bonchev–Trinajstić information content (AvgIpc) is 3.18. The van der Waals surface area contributed by atoms with Gasteiger partial charge >= 0.3 is 5.97 Å². The zero-order valence-corrected chi connectivity index (χ0v) is 19.9. The maximum absolute atomic E-state index is 13.1. The first-order chi connectivity index (χ1) is 16.4. The lowest BCUT2D eigenvalue weighted by atomic mass is 9.99. The summed E-state index contributed by atoms with van der Waals surface area (Å²) in [5, 5.41) is 6.37. The minimum absolute atomic E-state index is 0.224. The van der Waals surface area contributed by atoms with Gasteiger partial charge in [0.2, 0.25) is 0 Å². The van der Waals surface area contributed by atoms with Crippen molar-refractivity contribution in [2.24, 2.45) is 0 Å². The molecule has 0 bridgehead atoms. The fourth-order valence-corrected chi connectivity index (χ4v) is 3.86. The molecule has 0 aliphatic carbocycles. The molecule has 0 spiro atoms. The highest BCUT2D eigenvalue weighted by Crippen LogP contribution is 2.38. The van der Waals surface area contributed by atoms with Gasteiger partial charge in [-0.1, -0.05) is 48.5 Å². The lowest BCUT2D eigenvalue weighted by molar-refractivity contribution is -0.110. The fraction of sp³-hybridized carbons (Fsp3) is 0.214. The molecule has 1 aliphatic heterocycles. The molecule has 6 nitrogen and oxygen atoms in total. The predicted octanol–water partition coefficient (Wildman–Crippen LogP) is 5.25. The zero-order chi connectivity index (χ0) is 24.2. The van der Waals surface area contributed by atoms with Crippen LogP contribution in [0.2, 0.25) is 0 Å². The Morgan fingerprint density at radius 1 is 1.00 bits per heavy atom. The van der Waals surface area contributed by atoms with Crippen LogP contribution in [0.25, 0.3) is 11.3 Å². The van der Waals surface area contributed by atoms with Crippen molar-refractivity contribution in [1.29, 1.82) is 0 Å². The fourth-order valence-electron chi connectivity index (χ4n) is 3.86. The zero-order valence-electron chi connectivity index (χ0n) is 19.9. The smallest absolute Gasteiger partial charge is 0.337 e. The van der Waals surface area contributed by atoms with Crippen molar-refractivity contribution in [2.75, 3.05) is 24.8 Å². The van der Waals surface area contributed by atoms with Crippen molar-refractivity contribution in [1.82, 2.24) is 4.90 Å². The van der Waals surface area contributed by atoms with Crippen molar-refractivity contribution in [3.8, 4) is 0 Å². The van der Waals surface area contributed by atoms with Crippen molar-refractivity contribution < 1.29 is 14.3 Å². The number of nitrogens with zero attached hydrogens (tertiary/aromatic N) is 1. The minimum atomic E-state index is -0.445. The highest BCUT2D eigenvalue weighted by atomic mass is 16.5. The number of ether oxygens (including phenoxy) is 1. The van der Waals surface area contributed by atoms with Crippen LogP contribution in [0.5, 0.6) is 0 Å². The highest BCUT2D eigenvalue weighted by Gasteiger charge is 2.29. The van der Waals surface area contributed by atoms with E-state index in [9.17, 15) is 9.59 Å². The summed E-state index contributed by atoms with van der Waals surface area (Å²) in [5.41, 5.74) is 5.94. The van der Waals surface area contributed by atoms with Crippen LogP contribution in [-0.2, 0) is 16.1 Å². The molecule has 0 aromatic heterocycles. The maximum atomic E-state index is 13.1. The van der Waals surface area contributed by atoms with Crippen LogP contribution in [0.3, 0.4) is 0 Å². The minimum Gasteiger partial charge on any atom is -0.465 e. The van der Waals surface area contributed by atoms with E-state index in [0.717, 1.165) is 23.4 Å². The van der Waals surface area contributed by atoms with E-state index in [1.807, 2.05) is 42.5 Å². The summed E-state index contributed by atoms with van der Waals surface area (Å²) < 4.78 is 4.81. The number of carbonyl (C=O) groups is 2. The molecular formula is C28H29N3O3. The van der Waals surface area contributed by atoms with Crippen LogP contribution in [0, 0.1) is 0 Å². The van der Waals surface area contributed by atoms with E-state index >= 15 is 0 Å². The van der Waals surface area contributed by atoms with Gasteiger partial charge in [-0.25, -0.2) is 4.79 Å². The van der Waals surface area contributed by atoms with E-state index in [1.54, 1.807) is 18.2 Å². The Kier molecular flexibility index (Phi) is 6.80. The van der Waals surface area contributed by atoms with Crippen LogP contribution >= 0.6 is 0 Å². The number of amides is 1. The number of hydrogen-bond donors (Lipinski definition) is 2. The van der Waals surface area contributed by atoms with Gasteiger partial charge in [0.15, 0.2) is 0 Å².